The van der Waals surface area contributed by atoms with Gasteiger partial charge in [-0.05, 0) is 37.2 Å². The maximum atomic E-state index is 13.1. The lowest BCUT2D eigenvalue weighted by Gasteiger charge is -2.37. The smallest absolute Gasteiger partial charge is 0.323 e. The quantitative estimate of drug-likeness (QED) is 0.637. The van der Waals surface area contributed by atoms with Crippen molar-refractivity contribution in [2.75, 3.05) is 12.3 Å². The first-order valence-electron chi connectivity index (χ1n) is 10.7. The van der Waals surface area contributed by atoms with Crippen LogP contribution in [0.1, 0.15) is 54.4 Å². The van der Waals surface area contributed by atoms with Crippen LogP contribution in [0.25, 0.3) is 0 Å². The van der Waals surface area contributed by atoms with E-state index in [1.54, 1.807) is 19.1 Å². The van der Waals surface area contributed by atoms with E-state index in [0.717, 1.165) is 37.4 Å². The standard InChI is InChI=1S/C25H29NO4S/c1-18(17-31-25(30)21-10-6-3-7-11-21)24(29)26(16-23(27)28)22-14-12-20(13-15-22)19-8-4-2-5-9-19/h2-11,18,20,22H,12-17H2,1H3,(H,27,28)/t18-,20-,22+/m1/s1. The van der Waals surface area contributed by atoms with E-state index in [4.69, 9.17) is 0 Å². The van der Waals surface area contributed by atoms with Crippen LogP contribution in [-0.2, 0) is 9.59 Å². The van der Waals surface area contributed by atoms with Gasteiger partial charge in [0, 0.05) is 23.3 Å². The molecular formula is C25H29NO4S. The van der Waals surface area contributed by atoms with Crippen molar-refractivity contribution in [1.29, 1.82) is 0 Å². The molecule has 1 N–H and O–H groups in total. The second-order valence-corrected chi connectivity index (χ2v) is 9.13. The summed E-state index contributed by atoms with van der Waals surface area (Å²) >= 11 is 1.11. The van der Waals surface area contributed by atoms with E-state index in [2.05, 4.69) is 12.1 Å². The highest BCUT2D eigenvalue weighted by Gasteiger charge is 2.32. The molecule has 3 rings (SSSR count). The molecule has 1 saturated carbocycles. The lowest BCUT2D eigenvalue weighted by Crippen LogP contribution is -2.47. The van der Waals surface area contributed by atoms with E-state index >= 15 is 0 Å². The summed E-state index contributed by atoms with van der Waals surface area (Å²) in [4.78, 5) is 38.4. The number of carbonyl (C=O) groups is 3. The Hall–Kier alpha value is -2.60. The zero-order chi connectivity index (χ0) is 22.2. The highest BCUT2D eigenvalue weighted by atomic mass is 32.2. The number of rotatable bonds is 8. The second-order valence-electron chi connectivity index (χ2n) is 8.14. The fourth-order valence-corrected chi connectivity index (χ4v) is 5.04. The SMILES string of the molecule is C[C@H](CSC(=O)c1ccccc1)C(=O)N(CC(=O)O)[C@H]1CC[C@@H](c2ccccc2)CC1. The number of carboxylic acids is 1. The zero-order valence-electron chi connectivity index (χ0n) is 17.8. The van der Waals surface area contributed by atoms with Crippen LogP contribution < -0.4 is 0 Å². The minimum Gasteiger partial charge on any atom is -0.480 e. The molecule has 0 bridgehead atoms. The third kappa shape index (κ3) is 6.44. The van der Waals surface area contributed by atoms with E-state index in [0.29, 0.717) is 17.2 Å². The van der Waals surface area contributed by atoms with Crippen molar-refractivity contribution in [3.05, 3.63) is 71.8 Å². The molecule has 6 heteroatoms. The number of carboxylic acid groups (broad SMARTS) is 1. The minimum atomic E-state index is -1.00. The number of aliphatic carboxylic acids is 1. The first-order valence-corrected chi connectivity index (χ1v) is 11.7. The van der Waals surface area contributed by atoms with E-state index in [-0.39, 0.29) is 23.6 Å². The number of carbonyl (C=O) groups excluding carboxylic acids is 2. The summed E-state index contributed by atoms with van der Waals surface area (Å²) in [7, 11) is 0. The molecule has 31 heavy (non-hydrogen) atoms. The molecule has 1 fully saturated rings. The largest absolute Gasteiger partial charge is 0.480 e. The molecule has 0 spiro atoms. The first-order chi connectivity index (χ1) is 15.0. The zero-order valence-corrected chi connectivity index (χ0v) is 18.6. The topological polar surface area (TPSA) is 74.7 Å². The van der Waals surface area contributed by atoms with Gasteiger partial charge >= 0.3 is 5.97 Å². The molecular weight excluding hydrogens is 410 g/mol. The molecule has 0 unspecified atom stereocenters. The number of amides is 1. The summed E-state index contributed by atoms with van der Waals surface area (Å²) in [5.41, 5.74) is 1.91. The minimum absolute atomic E-state index is 0.0687. The van der Waals surface area contributed by atoms with Gasteiger partial charge in [-0.25, -0.2) is 0 Å². The van der Waals surface area contributed by atoms with Crippen molar-refractivity contribution in [2.24, 2.45) is 5.92 Å². The summed E-state index contributed by atoms with van der Waals surface area (Å²) in [5.74, 6) is -0.820. The number of nitrogens with zero attached hydrogens (tertiary/aromatic N) is 1. The molecule has 0 heterocycles. The van der Waals surface area contributed by atoms with Crippen LogP contribution in [-0.4, -0.2) is 45.3 Å². The number of thioether (sulfide) groups is 1. The Morgan fingerprint density at radius 1 is 0.968 bits per heavy atom. The van der Waals surface area contributed by atoms with Crippen molar-refractivity contribution in [1.82, 2.24) is 4.90 Å². The molecule has 164 valence electrons. The average Bonchev–Trinajstić information content (AvgIpc) is 2.81. The van der Waals surface area contributed by atoms with Crippen LogP contribution in [0.3, 0.4) is 0 Å². The van der Waals surface area contributed by atoms with Gasteiger partial charge in [0.2, 0.25) is 11.0 Å². The Bertz CT molecular complexity index is 879. The third-order valence-corrected chi connectivity index (χ3v) is 7.06. The van der Waals surface area contributed by atoms with Crippen molar-refractivity contribution >= 4 is 28.8 Å². The van der Waals surface area contributed by atoms with E-state index < -0.39 is 11.9 Å². The van der Waals surface area contributed by atoms with Gasteiger partial charge in [0.15, 0.2) is 0 Å². The normalized spacial score (nSPS) is 19.4. The van der Waals surface area contributed by atoms with E-state index in [9.17, 15) is 19.5 Å². The molecule has 1 atom stereocenters. The predicted octanol–water partition coefficient (Wildman–Crippen LogP) is 4.84. The van der Waals surface area contributed by atoms with Gasteiger partial charge in [0.05, 0.1) is 0 Å². The van der Waals surface area contributed by atoms with Crippen molar-refractivity contribution in [3.8, 4) is 0 Å². The molecule has 1 aliphatic carbocycles. The second kappa shape index (κ2) is 11.1. The van der Waals surface area contributed by atoms with Gasteiger partial charge in [-0.3, -0.25) is 14.4 Å². The molecule has 1 aliphatic rings. The molecule has 1 amide bonds. The van der Waals surface area contributed by atoms with Crippen molar-refractivity contribution in [3.63, 3.8) is 0 Å². The number of benzene rings is 2. The molecule has 5 nitrogen and oxygen atoms in total. The molecule has 2 aromatic carbocycles. The molecule has 0 aromatic heterocycles. The summed E-state index contributed by atoms with van der Waals surface area (Å²) in [6.07, 6.45) is 3.46. The maximum absolute atomic E-state index is 13.1. The van der Waals surface area contributed by atoms with Crippen LogP contribution >= 0.6 is 11.8 Å². The van der Waals surface area contributed by atoms with Crippen LogP contribution in [0.4, 0.5) is 0 Å². The van der Waals surface area contributed by atoms with Gasteiger partial charge < -0.3 is 10.0 Å². The van der Waals surface area contributed by atoms with Gasteiger partial charge in [-0.2, -0.15) is 0 Å². The Morgan fingerprint density at radius 2 is 1.55 bits per heavy atom. The fourth-order valence-electron chi connectivity index (χ4n) is 4.19. The fraction of sp³-hybridized carbons (Fsp3) is 0.400. The highest BCUT2D eigenvalue weighted by molar-refractivity contribution is 8.14. The predicted molar refractivity (Wildman–Crippen MR) is 123 cm³/mol. The Kier molecular flexibility index (Phi) is 8.29. The highest BCUT2D eigenvalue weighted by Crippen LogP contribution is 2.35. The Balaban J connectivity index is 1.58. The van der Waals surface area contributed by atoms with E-state index in [1.807, 2.05) is 36.4 Å². The Morgan fingerprint density at radius 3 is 2.13 bits per heavy atom. The lowest BCUT2D eigenvalue weighted by atomic mass is 9.81. The first kappa shape index (κ1) is 23.1. The average molecular weight is 440 g/mol. The Labute approximate surface area is 187 Å². The van der Waals surface area contributed by atoms with E-state index in [1.165, 1.54) is 10.5 Å². The van der Waals surface area contributed by atoms with Gasteiger partial charge in [-0.15, -0.1) is 0 Å². The summed E-state index contributed by atoms with van der Waals surface area (Å²) in [5, 5.41) is 9.31. The summed E-state index contributed by atoms with van der Waals surface area (Å²) < 4.78 is 0. The van der Waals surface area contributed by atoms with Crippen molar-refractivity contribution in [2.45, 2.75) is 44.6 Å². The molecule has 0 aliphatic heterocycles. The van der Waals surface area contributed by atoms with Gasteiger partial charge in [-0.1, -0.05) is 79.3 Å². The molecule has 0 radical (unpaired) electrons. The maximum Gasteiger partial charge on any atom is 0.323 e. The third-order valence-electron chi connectivity index (χ3n) is 5.89. The van der Waals surface area contributed by atoms with Crippen LogP contribution in [0, 0.1) is 5.92 Å². The van der Waals surface area contributed by atoms with Crippen LogP contribution in [0.5, 0.6) is 0 Å². The summed E-state index contributed by atoms with van der Waals surface area (Å²) in [6.45, 7) is 1.49. The molecule has 2 aromatic rings. The summed E-state index contributed by atoms with van der Waals surface area (Å²) in [6, 6.07) is 19.3. The van der Waals surface area contributed by atoms with Crippen LogP contribution in [0.2, 0.25) is 0 Å². The monoisotopic (exact) mass is 439 g/mol. The van der Waals surface area contributed by atoms with Gasteiger partial charge in [0.25, 0.3) is 0 Å². The van der Waals surface area contributed by atoms with Crippen molar-refractivity contribution < 1.29 is 19.5 Å². The molecule has 0 saturated heterocycles. The number of hydrogen-bond donors (Lipinski definition) is 1. The van der Waals surface area contributed by atoms with Crippen LogP contribution in [0.15, 0.2) is 60.7 Å². The number of hydrogen-bond acceptors (Lipinski definition) is 4. The lowest BCUT2D eigenvalue weighted by molar-refractivity contribution is -0.148. The van der Waals surface area contributed by atoms with Gasteiger partial charge in [0.1, 0.15) is 6.54 Å².